The molecule has 1 heterocycles. The summed E-state index contributed by atoms with van der Waals surface area (Å²) < 4.78 is 0. The van der Waals surface area contributed by atoms with Crippen LogP contribution in [0, 0.1) is 5.41 Å². The molecule has 0 radical (unpaired) electrons. The van der Waals surface area contributed by atoms with Crippen molar-refractivity contribution in [1.82, 2.24) is 25.5 Å². The standard InChI is InChI=1S/C16H23N5O2/c1-16(2,3)13(9-10-22)17-14(23)11-21-19-15(18-20-21)12-7-5-4-6-8-12/h4-8,13,22H,9-11H2,1-3H3,(H,17,23). The Morgan fingerprint density at radius 2 is 2.00 bits per heavy atom. The molecule has 0 fully saturated rings. The molecule has 0 saturated heterocycles. The number of aliphatic hydroxyl groups is 1. The SMILES string of the molecule is CC(C)(C)C(CCO)NC(=O)Cn1nnc(-c2ccccc2)n1. The molecule has 0 bridgehead atoms. The van der Waals surface area contributed by atoms with Crippen molar-refractivity contribution in [2.24, 2.45) is 5.41 Å². The largest absolute Gasteiger partial charge is 0.396 e. The van der Waals surface area contributed by atoms with E-state index in [1.807, 2.05) is 51.1 Å². The van der Waals surface area contributed by atoms with Crippen LogP contribution in [-0.4, -0.2) is 43.9 Å². The molecule has 2 aromatic rings. The number of aliphatic hydroxyl groups excluding tert-OH is 1. The van der Waals surface area contributed by atoms with Gasteiger partial charge in [-0.25, -0.2) is 0 Å². The van der Waals surface area contributed by atoms with Gasteiger partial charge < -0.3 is 10.4 Å². The van der Waals surface area contributed by atoms with E-state index in [0.29, 0.717) is 12.2 Å². The predicted molar refractivity (Wildman–Crippen MR) is 86.3 cm³/mol. The van der Waals surface area contributed by atoms with Crippen LogP contribution in [0.25, 0.3) is 11.4 Å². The zero-order chi connectivity index (χ0) is 16.9. The van der Waals surface area contributed by atoms with E-state index in [2.05, 4.69) is 20.7 Å². The molecule has 1 aromatic carbocycles. The average Bonchev–Trinajstić information content (AvgIpc) is 2.95. The van der Waals surface area contributed by atoms with Gasteiger partial charge in [0.15, 0.2) is 0 Å². The van der Waals surface area contributed by atoms with Crippen molar-refractivity contribution in [3.8, 4) is 11.4 Å². The van der Waals surface area contributed by atoms with Gasteiger partial charge >= 0.3 is 0 Å². The van der Waals surface area contributed by atoms with Crippen molar-refractivity contribution < 1.29 is 9.90 Å². The minimum atomic E-state index is -0.199. The molecule has 1 aromatic heterocycles. The molecule has 23 heavy (non-hydrogen) atoms. The molecule has 124 valence electrons. The molecule has 2 rings (SSSR count). The number of carbonyl (C=O) groups is 1. The summed E-state index contributed by atoms with van der Waals surface area (Å²) in [5, 5.41) is 24.2. The van der Waals surface area contributed by atoms with Crippen LogP contribution in [0.15, 0.2) is 30.3 Å². The Morgan fingerprint density at radius 1 is 1.30 bits per heavy atom. The lowest BCUT2D eigenvalue weighted by atomic mass is 9.85. The first-order valence-corrected chi connectivity index (χ1v) is 7.63. The maximum absolute atomic E-state index is 12.2. The van der Waals surface area contributed by atoms with Gasteiger partial charge in [0, 0.05) is 18.2 Å². The molecule has 0 spiro atoms. The van der Waals surface area contributed by atoms with Crippen LogP contribution in [0.3, 0.4) is 0 Å². The number of carbonyl (C=O) groups excluding carboxylic acids is 1. The summed E-state index contributed by atoms with van der Waals surface area (Å²) in [4.78, 5) is 13.4. The zero-order valence-corrected chi connectivity index (χ0v) is 13.7. The predicted octanol–water partition coefficient (Wildman–Crippen LogP) is 1.25. The second-order valence-electron chi connectivity index (χ2n) is 6.51. The molecular formula is C16H23N5O2. The normalized spacial score (nSPS) is 12.9. The van der Waals surface area contributed by atoms with Crippen molar-refractivity contribution in [3.05, 3.63) is 30.3 Å². The fourth-order valence-electron chi connectivity index (χ4n) is 2.23. The number of hydrogen-bond donors (Lipinski definition) is 2. The smallest absolute Gasteiger partial charge is 0.243 e. The Bertz CT molecular complexity index is 633. The highest BCUT2D eigenvalue weighted by molar-refractivity contribution is 5.76. The Kier molecular flexibility index (Phi) is 5.44. The maximum Gasteiger partial charge on any atom is 0.243 e. The minimum absolute atomic E-state index is 0.00214. The average molecular weight is 317 g/mol. The molecule has 0 aliphatic rings. The molecule has 2 N–H and O–H groups in total. The third kappa shape index (κ3) is 4.85. The second kappa shape index (κ2) is 7.32. The summed E-state index contributed by atoms with van der Waals surface area (Å²) in [5.74, 6) is 0.288. The van der Waals surface area contributed by atoms with Gasteiger partial charge in [0.2, 0.25) is 11.7 Å². The highest BCUT2D eigenvalue weighted by atomic mass is 16.3. The molecule has 0 saturated carbocycles. The van der Waals surface area contributed by atoms with Gasteiger partial charge in [-0.1, -0.05) is 51.1 Å². The molecule has 0 aliphatic heterocycles. The van der Waals surface area contributed by atoms with Gasteiger partial charge in [0.05, 0.1) is 0 Å². The molecule has 1 atom stereocenters. The Hall–Kier alpha value is -2.28. The van der Waals surface area contributed by atoms with Gasteiger partial charge in [-0.3, -0.25) is 4.79 Å². The summed E-state index contributed by atoms with van der Waals surface area (Å²) in [6.07, 6.45) is 0.509. The third-order valence-electron chi connectivity index (χ3n) is 3.57. The Labute approximate surface area is 135 Å². The third-order valence-corrected chi connectivity index (χ3v) is 3.57. The summed E-state index contributed by atoms with van der Waals surface area (Å²) >= 11 is 0. The molecule has 7 nitrogen and oxygen atoms in total. The lowest BCUT2D eigenvalue weighted by Crippen LogP contribution is -2.45. The van der Waals surface area contributed by atoms with Gasteiger partial charge in [-0.15, -0.1) is 10.2 Å². The van der Waals surface area contributed by atoms with Crippen molar-refractivity contribution in [2.45, 2.75) is 39.8 Å². The van der Waals surface area contributed by atoms with Gasteiger partial charge in [-0.05, 0) is 17.0 Å². The number of aromatic nitrogens is 4. The van der Waals surface area contributed by atoms with Crippen molar-refractivity contribution in [1.29, 1.82) is 0 Å². The Balaban J connectivity index is 1.99. The van der Waals surface area contributed by atoms with Crippen molar-refractivity contribution in [3.63, 3.8) is 0 Å². The number of benzene rings is 1. The van der Waals surface area contributed by atoms with Gasteiger partial charge in [0.1, 0.15) is 6.54 Å². The lowest BCUT2D eigenvalue weighted by Gasteiger charge is -2.31. The number of nitrogens with one attached hydrogen (secondary N) is 1. The van der Waals surface area contributed by atoms with E-state index in [1.54, 1.807) is 0 Å². The van der Waals surface area contributed by atoms with Crippen LogP contribution in [-0.2, 0) is 11.3 Å². The van der Waals surface area contributed by atoms with E-state index >= 15 is 0 Å². The van der Waals surface area contributed by atoms with Gasteiger partial charge in [-0.2, -0.15) is 4.80 Å². The van der Waals surface area contributed by atoms with Crippen LogP contribution >= 0.6 is 0 Å². The summed E-state index contributed by atoms with van der Waals surface area (Å²) in [7, 11) is 0. The lowest BCUT2D eigenvalue weighted by molar-refractivity contribution is -0.123. The topological polar surface area (TPSA) is 92.9 Å². The van der Waals surface area contributed by atoms with Crippen molar-refractivity contribution in [2.75, 3.05) is 6.61 Å². The zero-order valence-electron chi connectivity index (χ0n) is 13.7. The molecular weight excluding hydrogens is 294 g/mol. The monoisotopic (exact) mass is 317 g/mol. The highest BCUT2D eigenvalue weighted by Crippen LogP contribution is 2.21. The summed E-state index contributed by atoms with van der Waals surface area (Å²) in [6.45, 7) is 6.10. The molecule has 1 unspecified atom stereocenters. The van der Waals surface area contributed by atoms with E-state index < -0.39 is 0 Å². The number of amides is 1. The van der Waals surface area contributed by atoms with E-state index in [-0.39, 0.29) is 30.5 Å². The number of tetrazole rings is 1. The molecule has 0 aliphatic carbocycles. The van der Waals surface area contributed by atoms with E-state index in [0.717, 1.165) is 5.56 Å². The molecule has 1 amide bonds. The maximum atomic E-state index is 12.2. The van der Waals surface area contributed by atoms with E-state index in [9.17, 15) is 4.79 Å². The fraction of sp³-hybridized carbons (Fsp3) is 0.500. The van der Waals surface area contributed by atoms with E-state index in [4.69, 9.17) is 5.11 Å². The quantitative estimate of drug-likeness (QED) is 0.836. The van der Waals surface area contributed by atoms with E-state index in [1.165, 1.54) is 4.80 Å². The minimum Gasteiger partial charge on any atom is -0.396 e. The van der Waals surface area contributed by atoms with Crippen LogP contribution in [0.2, 0.25) is 0 Å². The number of rotatable bonds is 6. The summed E-state index contributed by atoms with van der Waals surface area (Å²) in [5.41, 5.74) is 0.718. The first-order valence-electron chi connectivity index (χ1n) is 7.63. The Morgan fingerprint density at radius 3 is 2.61 bits per heavy atom. The fourth-order valence-corrected chi connectivity index (χ4v) is 2.23. The number of hydrogen-bond acceptors (Lipinski definition) is 5. The molecule has 7 heteroatoms. The van der Waals surface area contributed by atoms with Crippen LogP contribution in [0.4, 0.5) is 0 Å². The van der Waals surface area contributed by atoms with Crippen LogP contribution < -0.4 is 5.32 Å². The van der Waals surface area contributed by atoms with Crippen LogP contribution in [0.5, 0.6) is 0 Å². The summed E-state index contributed by atoms with van der Waals surface area (Å²) in [6, 6.07) is 9.36. The van der Waals surface area contributed by atoms with Crippen molar-refractivity contribution >= 4 is 5.91 Å². The first kappa shape index (κ1) is 17.1. The number of nitrogens with zero attached hydrogens (tertiary/aromatic N) is 4. The highest BCUT2D eigenvalue weighted by Gasteiger charge is 2.25. The van der Waals surface area contributed by atoms with Gasteiger partial charge in [0.25, 0.3) is 0 Å². The first-order chi connectivity index (χ1) is 10.9. The second-order valence-corrected chi connectivity index (χ2v) is 6.51. The van der Waals surface area contributed by atoms with Crippen LogP contribution in [0.1, 0.15) is 27.2 Å².